The molecule has 1 aromatic heterocycles. The van der Waals surface area contributed by atoms with E-state index in [4.69, 9.17) is 12.2 Å². The second-order valence-corrected chi connectivity index (χ2v) is 5.26. The Balaban J connectivity index is 2.23. The van der Waals surface area contributed by atoms with Gasteiger partial charge in [0.15, 0.2) is 4.77 Å². The highest BCUT2D eigenvalue weighted by atomic mass is 79.9. The number of aromatic nitrogens is 2. The minimum Gasteiger partial charge on any atom is -0.331 e. The Kier molecular flexibility index (Phi) is 3.82. The zero-order valence-electron chi connectivity index (χ0n) is 9.22. The summed E-state index contributed by atoms with van der Waals surface area (Å²) in [7, 11) is 0. The SMILES string of the molecule is FC(F)(F)CCCn1c(=S)[nH]c2cc(Br)ccc21. The maximum absolute atomic E-state index is 12.1. The zero-order chi connectivity index (χ0) is 13.3. The molecule has 0 amide bonds. The Morgan fingerprint density at radius 2 is 2.06 bits per heavy atom. The van der Waals surface area contributed by atoms with Crippen molar-refractivity contribution >= 4 is 39.2 Å². The van der Waals surface area contributed by atoms with Crippen LogP contribution >= 0.6 is 28.1 Å². The van der Waals surface area contributed by atoms with Crippen LogP contribution in [-0.2, 0) is 6.54 Å². The minimum atomic E-state index is -4.11. The molecule has 0 saturated heterocycles. The van der Waals surface area contributed by atoms with Crippen LogP contribution in [0, 0.1) is 4.77 Å². The van der Waals surface area contributed by atoms with Crippen LogP contribution in [0.15, 0.2) is 22.7 Å². The first-order valence-electron chi connectivity index (χ1n) is 5.32. The van der Waals surface area contributed by atoms with Crippen LogP contribution in [-0.4, -0.2) is 15.7 Å². The molecular formula is C11H10BrF3N2S. The van der Waals surface area contributed by atoms with E-state index < -0.39 is 12.6 Å². The van der Waals surface area contributed by atoms with Gasteiger partial charge in [0, 0.05) is 17.4 Å². The molecule has 2 rings (SSSR count). The van der Waals surface area contributed by atoms with E-state index in [-0.39, 0.29) is 13.0 Å². The highest BCUT2D eigenvalue weighted by Gasteiger charge is 2.26. The predicted octanol–water partition coefficient (Wildman–Crippen LogP) is 4.80. The molecule has 1 aromatic carbocycles. The van der Waals surface area contributed by atoms with Crippen molar-refractivity contribution < 1.29 is 13.2 Å². The first-order valence-corrected chi connectivity index (χ1v) is 6.52. The molecular weight excluding hydrogens is 329 g/mol. The highest BCUT2D eigenvalue weighted by molar-refractivity contribution is 9.10. The Bertz CT molecular complexity index is 615. The van der Waals surface area contributed by atoms with Crippen molar-refractivity contribution in [3.63, 3.8) is 0 Å². The smallest absolute Gasteiger partial charge is 0.331 e. The lowest BCUT2D eigenvalue weighted by Gasteiger charge is -2.07. The van der Waals surface area contributed by atoms with Gasteiger partial charge in [-0.3, -0.25) is 0 Å². The van der Waals surface area contributed by atoms with Gasteiger partial charge in [-0.2, -0.15) is 13.2 Å². The van der Waals surface area contributed by atoms with Crippen LogP contribution < -0.4 is 0 Å². The van der Waals surface area contributed by atoms with Crippen LogP contribution in [0.25, 0.3) is 11.0 Å². The Morgan fingerprint density at radius 1 is 1.33 bits per heavy atom. The number of hydrogen-bond acceptors (Lipinski definition) is 1. The Hall–Kier alpha value is -0.820. The van der Waals surface area contributed by atoms with Gasteiger partial charge in [0.25, 0.3) is 0 Å². The van der Waals surface area contributed by atoms with Crippen molar-refractivity contribution in [2.75, 3.05) is 0 Å². The summed E-state index contributed by atoms with van der Waals surface area (Å²) in [4.78, 5) is 2.98. The number of aromatic amines is 1. The van der Waals surface area contributed by atoms with Gasteiger partial charge in [-0.25, -0.2) is 0 Å². The topological polar surface area (TPSA) is 20.7 Å². The van der Waals surface area contributed by atoms with Crippen LogP contribution in [0.1, 0.15) is 12.8 Å². The average molecular weight is 339 g/mol. The van der Waals surface area contributed by atoms with E-state index in [1.54, 1.807) is 4.57 Å². The normalized spacial score (nSPS) is 12.2. The number of nitrogens with one attached hydrogen (secondary N) is 1. The van der Waals surface area contributed by atoms with Gasteiger partial charge in [-0.1, -0.05) is 15.9 Å². The fraction of sp³-hybridized carbons (Fsp3) is 0.364. The predicted molar refractivity (Wildman–Crippen MR) is 70.1 cm³/mol. The summed E-state index contributed by atoms with van der Waals surface area (Å²) in [5.41, 5.74) is 1.65. The number of benzene rings is 1. The lowest BCUT2D eigenvalue weighted by atomic mass is 10.3. The number of fused-ring (bicyclic) bond motifs is 1. The molecule has 2 nitrogen and oxygen atoms in total. The number of halogens is 4. The van der Waals surface area contributed by atoms with Crippen LogP contribution in [0.2, 0.25) is 0 Å². The molecule has 0 atom stereocenters. The van der Waals surface area contributed by atoms with E-state index >= 15 is 0 Å². The number of aryl methyl sites for hydroxylation is 1. The molecule has 0 bridgehead atoms. The maximum atomic E-state index is 12.1. The Labute approximate surface area is 115 Å². The quantitative estimate of drug-likeness (QED) is 0.797. The second kappa shape index (κ2) is 5.05. The van der Waals surface area contributed by atoms with Crippen molar-refractivity contribution in [3.8, 4) is 0 Å². The number of rotatable bonds is 3. The fourth-order valence-corrected chi connectivity index (χ4v) is 2.46. The molecule has 18 heavy (non-hydrogen) atoms. The third-order valence-electron chi connectivity index (χ3n) is 2.58. The number of imidazole rings is 1. The lowest BCUT2D eigenvalue weighted by molar-refractivity contribution is -0.135. The maximum Gasteiger partial charge on any atom is 0.389 e. The summed E-state index contributed by atoms with van der Waals surface area (Å²) in [6.45, 7) is 0.264. The van der Waals surface area contributed by atoms with Gasteiger partial charge < -0.3 is 9.55 Å². The van der Waals surface area contributed by atoms with Crippen molar-refractivity contribution in [1.82, 2.24) is 9.55 Å². The molecule has 0 radical (unpaired) electrons. The van der Waals surface area contributed by atoms with Crippen LogP contribution in [0.5, 0.6) is 0 Å². The van der Waals surface area contributed by atoms with E-state index in [9.17, 15) is 13.2 Å². The molecule has 98 valence electrons. The van der Waals surface area contributed by atoms with Gasteiger partial charge in [0.05, 0.1) is 11.0 Å². The van der Waals surface area contributed by atoms with Crippen molar-refractivity contribution in [1.29, 1.82) is 0 Å². The van der Waals surface area contributed by atoms with Gasteiger partial charge in [0.1, 0.15) is 0 Å². The van der Waals surface area contributed by atoms with Crippen molar-refractivity contribution in [2.24, 2.45) is 0 Å². The van der Waals surface area contributed by atoms with E-state index in [2.05, 4.69) is 20.9 Å². The highest BCUT2D eigenvalue weighted by Crippen LogP contribution is 2.23. The summed E-state index contributed by atoms with van der Waals surface area (Å²) in [6.07, 6.45) is -4.88. The third kappa shape index (κ3) is 3.14. The largest absolute Gasteiger partial charge is 0.389 e. The molecule has 0 aliphatic rings. The van der Waals surface area contributed by atoms with E-state index in [1.807, 2.05) is 18.2 Å². The number of hydrogen-bond donors (Lipinski definition) is 1. The molecule has 2 aromatic rings. The molecule has 0 unspecified atom stereocenters. The van der Waals surface area contributed by atoms with E-state index in [0.29, 0.717) is 4.77 Å². The third-order valence-corrected chi connectivity index (χ3v) is 3.39. The minimum absolute atomic E-state index is 0.0286. The molecule has 7 heteroatoms. The van der Waals surface area contributed by atoms with Crippen molar-refractivity contribution in [2.45, 2.75) is 25.6 Å². The van der Waals surface area contributed by atoms with E-state index in [1.165, 1.54) is 0 Å². The molecule has 0 fully saturated rings. The van der Waals surface area contributed by atoms with Crippen molar-refractivity contribution in [3.05, 3.63) is 27.4 Å². The van der Waals surface area contributed by atoms with Gasteiger partial charge in [-0.15, -0.1) is 0 Å². The molecule has 0 aliphatic carbocycles. The molecule has 0 aliphatic heterocycles. The molecule has 0 spiro atoms. The molecule has 1 heterocycles. The summed E-state index contributed by atoms with van der Waals surface area (Å²) in [6, 6.07) is 5.52. The molecule has 1 N–H and O–H groups in total. The summed E-state index contributed by atoms with van der Waals surface area (Å²) in [5.74, 6) is 0. The van der Waals surface area contributed by atoms with Gasteiger partial charge in [0.2, 0.25) is 0 Å². The van der Waals surface area contributed by atoms with Gasteiger partial charge in [-0.05, 0) is 36.8 Å². The standard InChI is InChI=1S/C11H10BrF3N2S/c12-7-2-3-9-8(6-7)16-10(18)17(9)5-1-4-11(13,14)15/h2-3,6H,1,4-5H2,(H,16,18). The fourth-order valence-electron chi connectivity index (χ4n) is 1.80. The monoisotopic (exact) mass is 338 g/mol. The molecule has 0 saturated carbocycles. The number of H-pyrrole nitrogens is 1. The summed E-state index contributed by atoms with van der Waals surface area (Å²) >= 11 is 8.45. The first kappa shape index (κ1) is 13.6. The summed E-state index contributed by atoms with van der Waals surface area (Å²) in [5, 5.41) is 0. The lowest BCUT2D eigenvalue weighted by Crippen LogP contribution is -2.09. The van der Waals surface area contributed by atoms with Crippen LogP contribution in [0.4, 0.5) is 13.2 Å². The zero-order valence-corrected chi connectivity index (χ0v) is 11.6. The summed E-state index contributed by atoms with van der Waals surface area (Å²) < 4.78 is 39.4. The van der Waals surface area contributed by atoms with E-state index in [0.717, 1.165) is 15.5 Å². The van der Waals surface area contributed by atoms with Crippen LogP contribution in [0.3, 0.4) is 0 Å². The average Bonchev–Trinajstić information content (AvgIpc) is 2.52. The number of nitrogens with zero attached hydrogens (tertiary/aromatic N) is 1. The first-order chi connectivity index (χ1) is 8.37. The second-order valence-electron chi connectivity index (χ2n) is 3.96. The van der Waals surface area contributed by atoms with Gasteiger partial charge >= 0.3 is 6.18 Å². The Morgan fingerprint density at radius 3 is 2.72 bits per heavy atom. The number of alkyl halides is 3.